The van der Waals surface area contributed by atoms with Gasteiger partial charge in [-0.15, -0.1) is 0 Å². The van der Waals surface area contributed by atoms with Gasteiger partial charge in [0.25, 0.3) is 0 Å². The Balaban J connectivity index is 1.87. The third-order valence-corrected chi connectivity index (χ3v) is 3.75. The molecule has 0 aliphatic heterocycles. The number of aromatic nitrogens is 3. The normalized spacial score (nSPS) is 12.7. The lowest BCUT2D eigenvalue weighted by atomic mass is 10.3. The van der Waals surface area contributed by atoms with Gasteiger partial charge in [-0.25, -0.2) is 4.98 Å². The first-order valence-corrected chi connectivity index (χ1v) is 7.34. The van der Waals surface area contributed by atoms with Gasteiger partial charge in [-0.05, 0) is 26.1 Å². The van der Waals surface area contributed by atoms with E-state index in [9.17, 15) is 0 Å². The molecule has 0 fully saturated rings. The molecule has 0 amide bonds. The van der Waals surface area contributed by atoms with Gasteiger partial charge in [0.15, 0.2) is 0 Å². The standard InChI is InChI=1S/C14H18Cl2N4O/c1-10(21-11-4-5-12(15)13(16)6-11)7-19(2)8-14-17-9-18-20(14)3/h4-6,9-10H,7-8H2,1-3H3. The molecular formula is C14H18Cl2N4O. The molecule has 0 aliphatic carbocycles. The Bertz CT molecular complexity index is 602. The number of likely N-dealkylation sites (N-methyl/N-ethyl adjacent to an activating group) is 1. The van der Waals surface area contributed by atoms with E-state index in [1.54, 1.807) is 23.1 Å². The van der Waals surface area contributed by atoms with E-state index in [1.807, 2.05) is 27.1 Å². The van der Waals surface area contributed by atoms with Gasteiger partial charge >= 0.3 is 0 Å². The van der Waals surface area contributed by atoms with Crippen LogP contribution in [0.25, 0.3) is 0 Å². The lowest BCUT2D eigenvalue weighted by molar-refractivity contribution is 0.156. The molecule has 2 aromatic rings. The van der Waals surface area contributed by atoms with Crippen LogP contribution in [-0.4, -0.2) is 39.4 Å². The fraction of sp³-hybridized carbons (Fsp3) is 0.429. The minimum Gasteiger partial charge on any atom is -0.489 e. The first-order chi connectivity index (χ1) is 9.95. The van der Waals surface area contributed by atoms with E-state index in [0.29, 0.717) is 22.3 Å². The van der Waals surface area contributed by atoms with Gasteiger partial charge in [0.05, 0.1) is 16.6 Å². The van der Waals surface area contributed by atoms with E-state index in [0.717, 1.165) is 12.4 Å². The highest BCUT2D eigenvalue weighted by Crippen LogP contribution is 2.26. The number of rotatable bonds is 6. The maximum absolute atomic E-state index is 5.97. The van der Waals surface area contributed by atoms with Crippen molar-refractivity contribution in [1.82, 2.24) is 19.7 Å². The summed E-state index contributed by atoms with van der Waals surface area (Å²) < 4.78 is 7.61. The first-order valence-electron chi connectivity index (χ1n) is 6.59. The number of hydrogen-bond acceptors (Lipinski definition) is 4. The molecule has 7 heteroatoms. The second-order valence-corrected chi connectivity index (χ2v) is 5.82. The Morgan fingerprint density at radius 1 is 1.33 bits per heavy atom. The summed E-state index contributed by atoms with van der Waals surface area (Å²) in [6, 6.07) is 5.27. The van der Waals surface area contributed by atoms with Crippen molar-refractivity contribution in [1.29, 1.82) is 0 Å². The largest absolute Gasteiger partial charge is 0.489 e. The molecule has 1 unspecified atom stereocenters. The zero-order valence-corrected chi connectivity index (χ0v) is 13.8. The molecule has 114 valence electrons. The Morgan fingerprint density at radius 3 is 2.71 bits per heavy atom. The van der Waals surface area contributed by atoms with Crippen molar-refractivity contribution < 1.29 is 4.74 Å². The Morgan fingerprint density at radius 2 is 2.10 bits per heavy atom. The van der Waals surface area contributed by atoms with E-state index in [2.05, 4.69) is 15.0 Å². The van der Waals surface area contributed by atoms with Crippen molar-refractivity contribution >= 4 is 23.2 Å². The third kappa shape index (κ3) is 4.59. The highest BCUT2D eigenvalue weighted by atomic mass is 35.5. The number of aryl methyl sites for hydroxylation is 1. The van der Waals surface area contributed by atoms with Gasteiger partial charge in [0, 0.05) is 19.7 Å². The van der Waals surface area contributed by atoms with Crippen molar-refractivity contribution in [3.8, 4) is 5.75 Å². The lowest BCUT2D eigenvalue weighted by Crippen LogP contribution is -2.31. The summed E-state index contributed by atoms with van der Waals surface area (Å²) in [4.78, 5) is 6.34. The van der Waals surface area contributed by atoms with E-state index >= 15 is 0 Å². The SMILES string of the molecule is CC(CN(C)Cc1ncnn1C)Oc1ccc(Cl)c(Cl)c1. The quantitative estimate of drug-likeness (QED) is 0.817. The van der Waals surface area contributed by atoms with Crippen molar-refractivity contribution in [3.05, 3.63) is 40.4 Å². The average molecular weight is 329 g/mol. The zero-order valence-electron chi connectivity index (χ0n) is 12.3. The summed E-state index contributed by atoms with van der Waals surface area (Å²) in [5.41, 5.74) is 0. The van der Waals surface area contributed by atoms with Crippen LogP contribution >= 0.6 is 23.2 Å². The van der Waals surface area contributed by atoms with Crippen LogP contribution in [0.5, 0.6) is 5.75 Å². The van der Waals surface area contributed by atoms with Crippen LogP contribution in [0.2, 0.25) is 10.0 Å². The van der Waals surface area contributed by atoms with Gasteiger partial charge in [-0.2, -0.15) is 5.10 Å². The van der Waals surface area contributed by atoms with Gasteiger partial charge in [-0.1, -0.05) is 23.2 Å². The number of halogens is 2. The molecule has 1 heterocycles. The van der Waals surface area contributed by atoms with E-state index in [1.165, 1.54) is 0 Å². The fourth-order valence-corrected chi connectivity index (χ4v) is 2.32. The second-order valence-electron chi connectivity index (χ2n) is 5.00. The third-order valence-electron chi connectivity index (χ3n) is 3.01. The summed E-state index contributed by atoms with van der Waals surface area (Å²) in [7, 11) is 3.90. The highest BCUT2D eigenvalue weighted by Gasteiger charge is 2.11. The predicted octanol–water partition coefficient (Wildman–Crippen LogP) is 3.02. The summed E-state index contributed by atoms with van der Waals surface area (Å²) in [5, 5.41) is 5.07. The van der Waals surface area contributed by atoms with Crippen LogP contribution in [0.1, 0.15) is 12.7 Å². The number of hydrogen-bond donors (Lipinski definition) is 0. The molecule has 0 spiro atoms. The molecule has 5 nitrogen and oxygen atoms in total. The van der Waals surface area contributed by atoms with Crippen LogP contribution in [0.15, 0.2) is 24.5 Å². The molecular weight excluding hydrogens is 311 g/mol. The Kier molecular flexibility index (Phi) is 5.45. The fourth-order valence-electron chi connectivity index (χ4n) is 2.03. The zero-order chi connectivity index (χ0) is 15.4. The van der Waals surface area contributed by atoms with Crippen LogP contribution < -0.4 is 4.74 Å². The van der Waals surface area contributed by atoms with Gasteiger partial charge < -0.3 is 4.74 Å². The summed E-state index contributed by atoms with van der Waals surface area (Å²) in [6.45, 7) is 3.48. The first kappa shape index (κ1) is 16.1. The Labute approximate surface area is 134 Å². The molecule has 0 saturated heterocycles. The smallest absolute Gasteiger partial charge is 0.140 e. The summed E-state index contributed by atoms with van der Waals surface area (Å²) in [5.74, 6) is 1.63. The highest BCUT2D eigenvalue weighted by molar-refractivity contribution is 6.42. The van der Waals surface area contributed by atoms with Crippen molar-refractivity contribution in [3.63, 3.8) is 0 Å². The van der Waals surface area contributed by atoms with Crippen LogP contribution in [0.4, 0.5) is 0 Å². The average Bonchev–Trinajstić information content (AvgIpc) is 2.79. The summed E-state index contributed by atoms with van der Waals surface area (Å²) >= 11 is 11.9. The second kappa shape index (κ2) is 7.11. The molecule has 0 aliphatic rings. The van der Waals surface area contributed by atoms with E-state index in [-0.39, 0.29) is 6.10 Å². The molecule has 0 N–H and O–H groups in total. The van der Waals surface area contributed by atoms with E-state index in [4.69, 9.17) is 27.9 Å². The van der Waals surface area contributed by atoms with Crippen LogP contribution in [0.3, 0.4) is 0 Å². The molecule has 2 rings (SSSR count). The molecule has 21 heavy (non-hydrogen) atoms. The minimum absolute atomic E-state index is 0.0143. The number of nitrogens with zero attached hydrogens (tertiary/aromatic N) is 4. The molecule has 1 aromatic carbocycles. The Hall–Kier alpha value is -1.30. The maximum Gasteiger partial charge on any atom is 0.140 e. The van der Waals surface area contributed by atoms with Crippen molar-refractivity contribution in [2.75, 3.05) is 13.6 Å². The van der Waals surface area contributed by atoms with Crippen molar-refractivity contribution in [2.24, 2.45) is 7.05 Å². The topological polar surface area (TPSA) is 43.2 Å². The molecule has 0 bridgehead atoms. The molecule has 1 atom stereocenters. The number of ether oxygens (including phenoxy) is 1. The molecule has 0 radical (unpaired) electrons. The van der Waals surface area contributed by atoms with E-state index < -0.39 is 0 Å². The minimum atomic E-state index is 0.0143. The van der Waals surface area contributed by atoms with Gasteiger partial charge in [-0.3, -0.25) is 9.58 Å². The number of benzene rings is 1. The van der Waals surface area contributed by atoms with Crippen molar-refractivity contribution in [2.45, 2.75) is 19.6 Å². The monoisotopic (exact) mass is 328 g/mol. The van der Waals surface area contributed by atoms with Gasteiger partial charge in [0.1, 0.15) is 24.0 Å². The summed E-state index contributed by atoms with van der Waals surface area (Å²) in [6.07, 6.45) is 1.57. The lowest BCUT2D eigenvalue weighted by Gasteiger charge is -2.22. The van der Waals surface area contributed by atoms with Gasteiger partial charge in [0.2, 0.25) is 0 Å². The molecule has 1 aromatic heterocycles. The molecule has 0 saturated carbocycles. The van der Waals surface area contributed by atoms with Crippen LogP contribution in [0, 0.1) is 0 Å². The maximum atomic E-state index is 5.97. The predicted molar refractivity (Wildman–Crippen MR) is 83.9 cm³/mol. The van der Waals surface area contributed by atoms with Crippen LogP contribution in [-0.2, 0) is 13.6 Å².